The largest absolute Gasteiger partial charge is 0.494 e. The SMILES string of the molecule is CCCOc1ccc(C2C3=C(CCCC3=O)Nc3ccc4nc(C)ccc4c32)cc1. The van der Waals surface area contributed by atoms with Crippen LogP contribution in [0, 0.1) is 6.92 Å². The number of pyridine rings is 1. The van der Waals surface area contributed by atoms with Gasteiger partial charge in [0.05, 0.1) is 12.1 Å². The van der Waals surface area contributed by atoms with Crippen LogP contribution < -0.4 is 10.1 Å². The Morgan fingerprint density at radius 3 is 2.70 bits per heavy atom. The molecule has 1 aliphatic heterocycles. The number of hydrogen-bond donors (Lipinski definition) is 1. The fraction of sp³-hybridized carbons (Fsp3) is 0.308. The van der Waals surface area contributed by atoms with Crippen LogP contribution in [0.25, 0.3) is 10.9 Å². The first-order chi connectivity index (χ1) is 14.7. The van der Waals surface area contributed by atoms with E-state index in [4.69, 9.17) is 9.72 Å². The number of benzene rings is 2. The number of nitrogens with zero attached hydrogens (tertiary/aromatic N) is 1. The Balaban J connectivity index is 1.70. The molecule has 1 N–H and O–H groups in total. The summed E-state index contributed by atoms with van der Waals surface area (Å²) in [5.74, 6) is 1.04. The average molecular weight is 399 g/mol. The summed E-state index contributed by atoms with van der Waals surface area (Å²) in [6, 6.07) is 16.6. The average Bonchev–Trinajstić information content (AvgIpc) is 2.76. The van der Waals surface area contributed by atoms with Crippen molar-refractivity contribution in [1.82, 2.24) is 4.98 Å². The van der Waals surface area contributed by atoms with E-state index < -0.39 is 0 Å². The first kappa shape index (κ1) is 18.9. The zero-order valence-corrected chi connectivity index (χ0v) is 17.5. The van der Waals surface area contributed by atoms with Crippen LogP contribution in [-0.2, 0) is 4.79 Å². The third kappa shape index (κ3) is 3.17. The summed E-state index contributed by atoms with van der Waals surface area (Å²) in [5, 5.41) is 4.68. The van der Waals surface area contributed by atoms with Gasteiger partial charge in [0, 0.05) is 40.4 Å². The number of fused-ring (bicyclic) bond motifs is 3. The number of allylic oxidation sites excluding steroid dienone is 2. The van der Waals surface area contributed by atoms with E-state index in [2.05, 4.69) is 42.6 Å². The second-order valence-corrected chi connectivity index (χ2v) is 8.19. The van der Waals surface area contributed by atoms with Crippen LogP contribution in [0.3, 0.4) is 0 Å². The number of carbonyl (C=O) groups excluding carboxylic acids is 1. The first-order valence-corrected chi connectivity index (χ1v) is 10.8. The van der Waals surface area contributed by atoms with Crippen molar-refractivity contribution in [3.8, 4) is 5.75 Å². The molecule has 4 heteroatoms. The number of ketones is 1. The molecule has 3 aromatic rings. The van der Waals surface area contributed by atoms with Gasteiger partial charge < -0.3 is 10.1 Å². The molecule has 152 valence electrons. The molecule has 0 saturated heterocycles. The van der Waals surface area contributed by atoms with E-state index in [9.17, 15) is 4.79 Å². The van der Waals surface area contributed by atoms with Crippen LogP contribution in [0.5, 0.6) is 5.75 Å². The van der Waals surface area contributed by atoms with Crippen molar-refractivity contribution < 1.29 is 9.53 Å². The molecule has 0 spiro atoms. The molecule has 1 aromatic heterocycles. The molecule has 2 heterocycles. The molecule has 1 unspecified atom stereocenters. The number of Topliss-reactive ketones (excluding diaryl/α,β-unsaturated/α-hetero) is 1. The van der Waals surface area contributed by atoms with E-state index in [0.717, 1.165) is 69.7 Å². The number of aromatic nitrogens is 1. The molecule has 4 nitrogen and oxygen atoms in total. The summed E-state index contributed by atoms with van der Waals surface area (Å²) in [4.78, 5) is 17.8. The summed E-state index contributed by atoms with van der Waals surface area (Å²) in [7, 11) is 0. The highest BCUT2D eigenvalue weighted by molar-refractivity contribution is 6.03. The van der Waals surface area contributed by atoms with Gasteiger partial charge in [0.15, 0.2) is 5.78 Å². The van der Waals surface area contributed by atoms with Crippen molar-refractivity contribution in [2.75, 3.05) is 11.9 Å². The minimum absolute atomic E-state index is 0.0857. The molecule has 5 rings (SSSR count). The predicted octanol–water partition coefficient (Wildman–Crippen LogP) is 5.90. The van der Waals surface area contributed by atoms with E-state index in [1.807, 2.05) is 25.1 Å². The van der Waals surface area contributed by atoms with Gasteiger partial charge in [-0.3, -0.25) is 9.78 Å². The smallest absolute Gasteiger partial charge is 0.161 e. The minimum atomic E-state index is -0.0857. The Bertz CT molecular complexity index is 1160. The molecule has 0 saturated carbocycles. The molecule has 2 aliphatic rings. The molecule has 0 bridgehead atoms. The van der Waals surface area contributed by atoms with E-state index in [1.165, 1.54) is 0 Å². The van der Waals surface area contributed by atoms with Crippen molar-refractivity contribution in [2.24, 2.45) is 0 Å². The lowest BCUT2D eigenvalue weighted by atomic mass is 9.74. The lowest BCUT2D eigenvalue weighted by Gasteiger charge is -2.35. The van der Waals surface area contributed by atoms with Crippen molar-refractivity contribution >= 4 is 22.4 Å². The van der Waals surface area contributed by atoms with E-state index in [1.54, 1.807) is 0 Å². The molecular formula is C26H26N2O2. The number of rotatable bonds is 4. The number of hydrogen-bond acceptors (Lipinski definition) is 4. The van der Waals surface area contributed by atoms with Gasteiger partial charge in [-0.1, -0.05) is 25.1 Å². The van der Waals surface area contributed by atoms with Crippen LogP contribution in [-0.4, -0.2) is 17.4 Å². The highest BCUT2D eigenvalue weighted by atomic mass is 16.5. The molecule has 0 amide bonds. The van der Waals surface area contributed by atoms with Gasteiger partial charge in [0.25, 0.3) is 0 Å². The number of aryl methyl sites for hydroxylation is 1. The number of carbonyl (C=O) groups is 1. The Morgan fingerprint density at radius 2 is 1.90 bits per heavy atom. The Morgan fingerprint density at radius 1 is 1.07 bits per heavy atom. The van der Waals surface area contributed by atoms with Crippen LogP contribution in [0.4, 0.5) is 5.69 Å². The summed E-state index contributed by atoms with van der Waals surface area (Å²) >= 11 is 0. The third-order valence-electron chi connectivity index (χ3n) is 6.06. The second kappa shape index (κ2) is 7.60. The molecular weight excluding hydrogens is 372 g/mol. The zero-order valence-electron chi connectivity index (χ0n) is 17.5. The number of ether oxygens (including phenoxy) is 1. The molecule has 0 fully saturated rings. The lowest BCUT2D eigenvalue weighted by Crippen LogP contribution is -2.27. The van der Waals surface area contributed by atoms with Gasteiger partial charge in [0.2, 0.25) is 0 Å². The van der Waals surface area contributed by atoms with Crippen molar-refractivity contribution in [3.63, 3.8) is 0 Å². The summed E-state index contributed by atoms with van der Waals surface area (Å²) in [6.45, 7) is 4.82. The summed E-state index contributed by atoms with van der Waals surface area (Å²) in [5.41, 5.74) is 7.31. The van der Waals surface area contributed by atoms with E-state index in [-0.39, 0.29) is 11.7 Å². The maximum atomic E-state index is 13.1. The molecule has 30 heavy (non-hydrogen) atoms. The van der Waals surface area contributed by atoms with Crippen molar-refractivity contribution in [2.45, 2.75) is 45.4 Å². The van der Waals surface area contributed by atoms with Gasteiger partial charge in [-0.2, -0.15) is 0 Å². The fourth-order valence-corrected chi connectivity index (χ4v) is 4.69. The fourth-order valence-electron chi connectivity index (χ4n) is 4.69. The lowest BCUT2D eigenvalue weighted by molar-refractivity contribution is -0.116. The molecule has 2 aromatic carbocycles. The normalized spacial score (nSPS) is 18.1. The summed E-state index contributed by atoms with van der Waals surface area (Å²) in [6.07, 6.45) is 3.42. The predicted molar refractivity (Wildman–Crippen MR) is 120 cm³/mol. The van der Waals surface area contributed by atoms with Crippen LogP contribution >= 0.6 is 0 Å². The first-order valence-electron chi connectivity index (χ1n) is 10.8. The quantitative estimate of drug-likeness (QED) is 0.595. The van der Waals surface area contributed by atoms with Gasteiger partial charge in [-0.25, -0.2) is 0 Å². The maximum absolute atomic E-state index is 13.1. The highest BCUT2D eigenvalue weighted by Gasteiger charge is 2.36. The van der Waals surface area contributed by atoms with Gasteiger partial charge in [0.1, 0.15) is 5.75 Å². The van der Waals surface area contributed by atoms with Crippen LogP contribution in [0.1, 0.15) is 55.3 Å². The second-order valence-electron chi connectivity index (χ2n) is 8.19. The van der Waals surface area contributed by atoms with Gasteiger partial charge >= 0.3 is 0 Å². The zero-order chi connectivity index (χ0) is 20.7. The van der Waals surface area contributed by atoms with Crippen LogP contribution in [0.2, 0.25) is 0 Å². The number of anilines is 1. The molecule has 1 atom stereocenters. The highest BCUT2D eigenvalue weighted by Crippen LogP contribution is 2.47. The van der Waals surface area contributed by atoms with Crippen LogP contribution in [0.15, 0.2) is 59.8 Å². The maximum Gasteiger partial charge on any atom is 0.161 e. The minimum Gasteiger partial charge on any atom is -0.494 e. The van der Waals surface area contributed by atoms with Gasteiger partial charge in [-0.15, -0.1) is 0 Å². The van der Waals surface area contributed by atoms with E-state index in [0.29, 0.717) is 13.0 Å². The van der Waals surface area contributed by atoms with Gasteiger partial charge in [-0.05, 0) is 67.6 Å². The molecule has 1 aliphatic carbocycles. The number of nitrogens with one attached hydrogen (secondary N) is 1. The Hall–Kier alpha value is -3.14. The Kier molecular flexibility index (Phi) is 4.78. The topological polar surface area (TPSA) is 51.2 Å². The monoisotopic (exact) mass is 398 g/mol. The standard InChI is InChI=1S/C26H26N2O2/c1-3-15-30-18-10-8-17(9-11-18)24-25-19-12-7-16(2)27-20(19)13-14-22(25)28-21-5-4-6-23(29)26(21)24/h7-14,24,28H,3-6,15H2,1-2H3. The Labute approximate surface area is 177 Å². The van der Waals surface area contributed by atoms with E-state index >= 15 is 0 Å². The summed E-state index contributed by atoms with van der Waals surface area (Å²) < 4.78 is 5.78. The molecule has 0 radical (unpaired) electrons. The van der Waals surface area contributed by atoms with Crippen molar-refractivity contribution in [1.29, 1.82) is 0 Å². The van der Waals surface area contributed by atoms with Crippen molar-refractivity contribution in [3.05, 3.63) is 76.6 Å². The third-order valence-corrected chi connectivity index (χ3v) is 6.06.